The van der Waals surface area contributed by atoms with Gasteiger partial charge >= 0.3 is 0 Å². The Morgan fingerprint density at radius 3 is 2.67 bits per heavy atom. The number of nitrogens with zero attached hydrogens (tertiary/aromatic N) is 3. The number of pyridine rings is 1. The average molecular weight is 478 g/mol. The van der Waals surface area contributed by atoms with E-state index in [1.165, 1.54) is 30.6 Å². The minimum absolute atomic E-state index is 0.125. The van der Waals surface area contributed by atoms with Crippen LogP contribution in [-0.4, -0.2) is 78.8 Å². The quantitative estimate of drug-likeness (QED) is 0.652. The lowest BCUT2D eigenvalue weighted by Crippen LogP contribution is -2.50. The van der Waals surface area contributed by atoms with Gasteiger partial charge in [-0.05, 0) is 25.8 Å². The third-order valence-electron chi connectivity index (χ3n) is 6.55. The Morgan fingerprint density at radius 1 is 1.33 bits per heavy atom. The van der Waals surface area contributed by atoms with Gasteiger partial charge in [0.1, 0.15) is 11.7 Å². The van der Waals surface area contributed by atoms with Crippen molar-refractivity contribution in [2.45, 2.75) is 58.1 Å². The number of carbonyl (C=O) groups is 1. The van der Waals surface area contributed by atoms with Crippen LogP contribution in [0, 0.1) is 23.7 Å². The van der Waals surface area contributed by atoms with Crippen LogP contribution in [-0.2, 0) is 10.0 Å². The molecule has 2 heterocycles. The van der Waals surface area contributed by atoms with Gasteiger partial charge in [-0.3, -0.25) is 4.79 Å². The Balaban J connectivity index is 1.96. The highest BCUT2D eigenvalue weighted by Gasteiger charge is 2.35. The lowest BCUT2D eigenvalue weighted by molar-refractivity contribution is 0.0373. The van der Waals surface area contributed by atoms with Crippen LogP contribution in [0.2, 0.25) is 0 Å². The number of aromatic nitrogens is 1. The van der Waals surface area contributed by atoms with Crippen LogP contribution in [0.4, 0.5) is 0 Å². The molecule has 0 saturated heterocycles. The molecule has 1 fully saturated rings. The van der Waals surface area contributed by atoms with E-state index in [9.17, 15) is 18.3 Å². The third kappa shape index (κ3) is 6.46. The van der Waals surface area contributed by atoms with Gasteiger partial charge in [0.25, 0.3) is 5.91 Å². The van der Waals surface area contributed by atoms with E-state index < -0.39 is 22.2 Å². The highest BCUT2D eigenvalue weighted by Crippen LogP contribution is 2.28. The second kappa shape index (κ2) is 10.9. The van der Waals surface area contributed by atoms with Crippen molar-refractivity contribution in [1.82, 2.24) is 14.2 Å². The van der Waals surface area contributed by atoms with E-state index in [-0.39, 0.29) is 36.4 Å². The van der Waals surface area contributed by atoms with Crippen LogP contribution in [0.3, 0.4) is 0 Å². The predicted octanol–water partition coefficient (Wildman–Crippen LogP) is 2.12. The number of aliphatic hydroxyl groups excluding tert-OH is 1. The first kappa shape index (κ1) is 25.5. The normalized spacial score (nSPS) is 23.1. The van der Waals surface area contributed by atoms with E-state index in [4.69, 9.17) is 4.74 Å². The van der Waals surface area contributed by atoms with Crippen molar-refractivity contribution < 1.29 is 23.1 Å². The molecule has 8 nitrogen and oxygen atoms in total. The Hall–Kier alpha value is -2.15. The number of amides is 1. The minimum Gasteiger partial charge on any atom is -0.472 e. The third-order valence-corrected chi connectivity index (χ3v) is 7.83. The fourth-order valence-electron chi connectivity index (χ4n) is 4.21. The van der Waals surface area contributed by atoms with E-state index >= 15 is 0 Å². The number of hydrogen-bond donors (Lipinski definition) is 1. The number of sulfonamides is 1. The van der Waals surface area contributed by atoms with Gasteiger partial charge < -0.3 is 14.7 Å². The highest BCUT2D eigenvalue weighted by atomic mass is 32.2. The predicted molar refractivity (Wildman–Crippen MR) is 126 cm³/mol. The van der Waals surface area contributed by atoms with Crippen LogP contribution >= 0.6 is 0 Å². The van der Waals surface area contributed by atoms with Crippen molar-refractivity contribution in [3.8, 4) is 17.7 Å². The Labute approximate surface area is 197 Å². The first-order valence-corrected chi connectivity index (χ1v) is 13.5. The number of aliphatic hydroxyl groups is 1. The summed E-state index contributed by atoms with van der Waals surface area (Å²) in [5, 5.41) is 9.75. The van der Waals surface area contributed by atoms with Crippen molar-refractivity contribution in [3.63, 3.8) is 0 Å². The van der Waals surface area contributed by atoms with Gasteiger partial charge in [-0.2, -0.15) is 0 Å². The molecule has 0 aromatic carbocycles. The first-order chi connectivity index (χ1) is 15.6. The molecule has 1 aliphatic carbocycles. The lowest BCUT2D eigenvalue weighted by atomic mass is 9.90. The van der Waals surface area contributed by atoms with Crippen molar-refractivity contribution in [2.24, 2.45) is 11.8 Å². The van der Waals surface area contributed by atoms with Gasteiger partial charge in [0.15, 0.2) is 0 Å². The van der Waals surface area contributed by atoms with Gasteiger partial charge in [0.05, 0.1) is 25.4 Å². The Morgan fingerprint density at radius 2 is 2.03 bits per heavy atom. The summed E-state index contributed by atoms with van der Waals surface area (Å²) in [6.45, 7) is 3.95. The Kier molecular flexibility index (Phi) is 8.38. The molecule has 3 rings (SSSR count). The summed E-state index contributed by atoms with van der Waals surface area (Å²) in [7, 11) is -1.90. The molecule has 0 radical (unpaired) electrons. The van der Waals surface area contributed by atoms with Gasteiger partial charge in [-0.15, -0.1) is 0 Å². The van der Waals surface area contributed by atoms with Crippen LogP contribution < -0.4 is 4.74 Å². The number of likely N-dealkylation sites (N-methyl/N-ethyl adjacent to an activating group) is 1. The molecule has 3 atom stereocenters. The number of ether oxygens (including phenoxy) is 1. The second-order valence-corrected chi connectivity index (χ2v) is 11.4. The Bertz CT molecular complexity index is 1010. The maximum atomic E-state index is 13.4. The van der Waals surface area contributed by atoms with Gasteiger partial charge in [0.2, 0.25) is 15.9 Å². The molecule has 0 spiro atoms. The zero-order valence-corrected chi connectivity index (χ0v) is 20.8. The molecule has 182 valence electrons. The number of hydrogen-bond acceptors (Lipinski definition) is 6. The summed E-state index contributed by atoms with van der Waals surface area (Å²) in [6, 6.07) is 1.29. The number of rotatable bonds is 5. The summed E-state index contributed by atoms with van der Waals surface area (Å²) in [4.78, 5) is 19.4. The topological polar surface area (TPSA) is 100 Å². The zero-order valence-electron chi connectivity index (χ0n) is 20.0. The molecular weight excluding hydrogens is 442 g/mol. The first-order valence-electron chi connectivity index (χ1n) is 11.6. The number of carbonyl (C=O) groups excluding carboxylic acids is 1. The standard InChI is InChI=1S/C24H35N3O5S/c1-17-14-27(18(2)16-28)24(29)21-12-20(11-10-19-8-6-5-7-9-19)13-25-23(21)32-22(17)15-26(3)33(4,30)31/h12-13,17-19,22,28H,5-9,14-16H2,1-4H3/t17-,18-,22-/m1/s1. The fraction of sp³-hybridized carbons (Fsp3) is 0.667. The highest BCUT2D eigenvalue weighted by molar-refractivity contribution is 7.88. The van der Waals surface area contributed by atoms with Crippen LogP contribution in [0.5, 0.6) is 5.88 Å². The molecule has 0 unspecified atom stereocenters. The monoisotopic (exact) mass is 477 g/mol. The smallest absolute Gasteiger partial charge is 0.259 e. The average Bonchev–Trinajstić information content (AvgIpc) is 2.79. The van der Waals surface area contributed by atoms with E-state index in [0.717, 1.165) is 19.1 Å². The maximum Gasteiger partial charge on any atom is 0.259 e. The molecule has 1 aromatic rings. The van der Waals surface area contributed by atoms with Gasteiger partial charge in [0, 0.05) is 37.2 Å². The summed E-state index contributed by atoms with van der Waals surface area (Å²) in [5.41, 5.74) is 0.927. The second-order valence-electron chi connectivity index (χ2n) is 9.35. The van der Waals surface area contributed by atoms with E-state index in [2.05, 4.69) is 16.8 Å². The van der Waals surface area contributed by atoms with E-state index in [1.807, 2.05) is 6.92 Å². The molecule has 1 amide bonds. The maximum absolute atomic E-state index is 13.4. The van der Waals surface area contributed by atoms with Crippen molar-refractivity contribution in [2.75, 3.05) is 33.0 Å². The summed E-state index contributed by atoms with van der Waals surface area (Å²) >= 11 is 0. The minimum atomic E-state index is -3.40. The summed E-state index contributed by atoms with van der Waals surface area (Å²) < 4.78 is 31.3. The summed E-state index contributed by atoms with van der Waals surface area (Å²) in [6.07, 6.45) is 8.09. The molecule has 2 aliphatic rings. The van der Waals surface area contributed by atoms with E-state index in [1.54, 1.807) is 24.1 Å². The summed E-state index contributed by atoms with van der Waals surface area (Å²) in [5.74, 6) is 6.57. The number of fused-ring (bicyclic) bond motifs is 1. The molecule has 1 aliphatic heterocycles. The van der Waals surface area contributed by atoms with Crippen LogP contribution in [0.15, 0.2) is 12.3 Å². The molecular formula is C24H35N3O5S. The molecule has 1 aromatic heterocycles. The largest absolute Gasteiger partial charge is 0.472 e. The van der Waals surface area contributed by atoms with Crippen molar-refractivity contribution >= 4 is 15.9 Å². The fourth-order valence-corrected chi connectivity index (χ4v) is 4.63. The van der Waals surface area contributed by atoms with Crippen molar-refractivity contribution in [3.05, 3.63) is 23.4 Å². The van der Waals surface area contributed by atoms with Gasteiger partial charge in [-0.1, -0.05) is 38.0 Å². The van der Waals surface area contributed by atoms with Crippen LogP contribution in [0.1, 0.15) is 61.9 Å². The molecule has 33 heavy (non-hydrogen) atoms. The molecule has 1 N–H and O–H groups in total. The van der Waals surface area contributed by atoms with Crippen LogP contribution in [0.25, 0.3) is 0 Å². The lowest BCUT2D eigenvalue weighted by Gasteiger charge is -2.37. The molecule has 1 saturated carbocycles. The zero-order chi connectivity index (χ0) is 24.2. The molecule has 9 heteroatoms. The molecule has 0 bridgehead atoms. The SMILES string of the molecule is C[C@@H]1CN([C@H](C)CO)C(=O)c2cc(C#CC3CCCCC3)cnc2O[C@@H]1CN(C)S(C)(=O)=O. The van der Waals surface area contributed by atoms with Crippen molar-refractivity contribution in [1.29, 1.82) is 0 Å². The van der Waals surface area contributed by atoms with Gasteiger partial charge in [-0.25, -0.2) is 17.7 Å². The van der Waals surface area contributed by atoms with E-state index in [0.29, 0.717) is 18.0 Å².